The molecule has 75 heavy (non-hydrogen) atoms. The minimum atomic E-state index is -0.580. The molecule has 0 amide bonds. The lowest BCUT2D eigenvalue weighted by atomic mass is 9.57. The molecule has 2 aliphatic heterocycles. The summed E-state index contributed by atoms with van der Waals surface area (Å²) in [6, 6.07) is 75.8. The average Bonchev–Trinajstić information content (AvgIpc) is 3.96. The first-order chi connectivity index (χ1) is 36.4. The third-order valence-corrected chi connectivity index (χ3v) is 20.5. The minimum absolute atomic E-state index is 0.0285. The van der Waals surface area contributed by atoms with Crippen molar-refractivity contribution in [3.05, 3.63) is 239 Å². The van der Waals surface area contributed by atoms with E-state index in [1.54, 1.807) is 0 Å². The average molecular weight is 975 g/mol. The van der Waals surface area contributed by atoms with Crippen LogP contribution in [0.1, 0.15) is 124 Å². The van der Waals surface area contributed by atoms with Crippen LogP contribution < -0.4 is 9.80 Å². The van der Waals surface area contributed by atoms with Gasteiger partial charge in [-0.2, -0.15) is 0 Å². The molecule has 9 aromatic rings. The zero-order valence-electron chi connectivity index (χ0n) is 44.9. The summed E-state index contributed by atoms with van der Waals surface area (Å²) in [5, 5.41) is 2.62. The van der Waals surface area contributed by atoms with Crippen molar-refractivity contribution in [2.75, 3.05) is 9.80 Å². The van der Waals surface area contributed by atoms with Crippen molar-refractivity contribution in [2.24, 2.45) is 10.8 Å². The van der Waals surface area contributed by atoms with E-state index in [0.717, 1.165) is 12.8 Å². The summed E-state index contributed by atoms with van der Waals surface area (Å²) in [5.41, 5.74) is 23.8. The van der Waals surface area contributed by atoms with Gasteiger partial charge in [0.1, 0.15) is 0 Å². The van der Waals surface area contributed by atoms with Gasteiger partial charge in [0.15, 0.2) is 0 Å². The van der Waals surface area contributed by atoms with Crippen molar-refractivity contribution in [3.63, 3.8) is 0 Å². The molecule has 2 fully saturated rings. The number of anilines is 4. The van der Waals surface area contributed by atoms with E-state index in [0.29, 0.717) is 0 Å². The van der Waals surface area contributed by atoms with Crippen LogP contribution in [0.25, 0.3) is 44.2 Å². The first kappa shape index (κ1) is 46.4. The summed E-state index contributed by atoms with van der Waals surface area (Å²) in [5.74, 6) is 0. The summed E-state index contributed by atoms with van der Waals surface area (Å²) in [6.45, 7) is 14.7. The fourth-order valence-corrected chi connectivity index (χ4v) is 16.0. The predicted molar refractivity (Wildman–Crippen MR) is 316 cm³/mol. The Hall–Kier alpha value is -7.16. The van der Waals surface area contributed by atoms with E-state index in [1.807, 2.05) is 0 Å². The maximum atomic E-state index is 2.74. The normalized spacial score (nSPS) is 24.1. The summed E-state index contributed by atoms with van der Waals surface area (Å²) in [6.07, 6.45) is 12.2. The number of hydrogen-bond donors (Lipinski definition) is 0. The molecule has 5 aliphatic rings. The summed E-state index contributed by atoms with van der Waals surface area (Å²) in [7, 11) is 0. The van der Waals surface area contributed by atoms with Gasteiger partial charge in [0.05, 0.1) is 5.41 Å². The second-order valence-corrected chi connectivity index (χ2v) is 24.6. The van der Waals surface area contributed by atoms with Gasteiger partial charge in [0.2, 0.25) is 0 Å². The number of fused-ring (bicyclic) bond motifs is 9. The number of hydrogen-bond acceptors (Lipinski definition) is 2. The largest absolute Gasteiger partial charge is 0.335 e. The number of nitrogens with zero attached hydrogens (tertiary/aromatic N) is 2. The predicted octanol–water partition coefficient (Wildman–Crippen LogP) is 19.2. The van der Waals surface area contributed by atoms with Crippen LogP contribution in [-0.2, 0) is 18.3 Å². The van der Waals surface area contributed by atoms with Gasteiger partial charge in [-0.1, -0.05) is 184 Å². The smallest absolute Gasteiger partial charge is 0.0714 e. The molecule has 0 aromatic heterocycles. The number of aryl methyl sites for hydroxylation is 2. The van der Waals surface area contributed by atoms with Crippen LogP contribution in [0, 0.1) is 24.7 Å². The van der Waals surface area contributed by atoms with E-state index in [2.05, 4.69) is 245 Å². The van der Waals surface area contributed by atoms with Gasteiger partial charge in [-0.25, -0.2) is 0 Å². The summed E-state index contributed by atoms with van der Waals surface area (Å²) < 4.78 is 0. The molecule has 0 bridgehead atoms. The van der Waals surface area contributed by atoms with Crippen LogP contribution in [-0.4, -0.2) is 11.1 Å². The van der Waals surface area contributed by atoms with E-state index in [4.69, 9.17) is 0 Å². The summed E-state index contributed by atoms with van der Waals surface area (Å²) >= 11 is 0. The lowest BCUT2D eigenvalue weighted by molar-refractivity contribution is 0.0863. The van der Waals surface area contributed by atoms with E-state index < -0.39 is 5.41 Å². The highest BCUT2D eigenvalue weighted by Crippen LogP contribution is 2.63. The molecule has 0 N–H and O–H groups in total. The zero-order chi connectivity index (χ0) is 50.9. The third-order valence-electron chi connectivity index (χ3n) is 20.5. The minimum Gasteiger partial charge on any atom is -0.335 e. The lowest BCUT2D eigenvalue weighted by Gasteiger charge is -2.60. The van der Waals surface area contributed by atoms with Crippen LogP contribution >= 0.6 is 0 Å². The molecule has 14 rings (SSSR count). The molecule has 2 nitrogen and oxygen atoms in total. The SMILES string of the molecule is Cc1ccc(N2c3ccc(-c4ccc5c(c4)C(c4ccccc4)(c4ccccc4)c4cc(-c6ccc7c(c6)CC6(C)CCCCC6(C)N7c6ccc(C)cc6)c6ccccc6c4-5)cc3CC3(C)CCCCC23C)cc1. The van der Waals surface area contributed by atoms with E-state index >= 15 is 0 Å². The molecule has 2 heterocycles. The molecule has 2 saturated carbocycles. The first-order valence-electron chi connectivity index (χ1n) is 28.3. The van der Waals surface area contributed by atoms with Crippen LogP contribution in [0.15, 0.2) is 194 Å². The quantitative estimate of drug-likeness (QED) is 0.164. The van der Waals surface area contributed by atoms with Crippen molar-refractivity contribution < 1.29 is 0 Å². The van der Waals surface area contributed by atoms with Crippen molar-refractivity contribution in [1.82, 2.24) is 0 Å². The van der Waals surface area contributed by atoms with Crippen LogP contribution in [0.5, 0.6) is 0 Å². The Morgan fingerprint density at radius 2 is 0.827 bits per heavy atom. The topological polar surface area (TPSA) is 6.48 Å². The van der Waals surface area contributed by atoms with Crippen molar-refractivity contribution in [1.29, 1.82) is 0 Å². The molecule has 3 aliphatic carbocycles. The zero-order valence-corrected chi connectivity index (χ0v) is 44.9. The number of rotatable bonds is 6. The Balaban J connectivity index is 0.970. The van der Waals surface area contributed by atoms with Crippen LogP contribution in [0.2, 0.25) is 0 Å². The molecule has 0 saturated heterocycles. The van der Waals surface area contributed by atoms with E-state index in [9.17, 15) is 0 Å². The maximum Gasteiger partial charge on any atom is 0.0714 e. The first-order valence-corrected chi connectivity index (χ1v) is 28.3. The second-order valence-electron chi connectivity index (χ2n) is 24.6. The molecular weight excluding hydrogens is 905 g/mol. The molecule has 4 unspecified atom stereocenters. The Labute approximate surface area is 446 Å². The van der Waals surface area contributed by atoms with Gasteiger partial charge in [-0.3, -0.25) is 0 Å². The highest BCUT2D eigenvalue weighted by atomic mass is 15.2. The summed E-state index contributed by atoms with van der Waals surface area (Å²) in [4.78, 5) is 5.48. The van der Waals surface area contributed by atoms with Gasteiger partial charge >= 0.3 is 0 Å². The second kappa shape index (κ2) is 16.9. The maximum absolute atomic E-state index is 2.74. The van der Waals surface area contributed by atoms with Crippen molar-refractivity contribution in [2.45, 2.75) is 122 Å². The number of benzene rings is 9. The van der Waals surface area contributed by atoms with Gasteiger partial charge in [-0.15, -0.1) is 0 Å². The monoisotopic (exact) mass is 975 g/mol. The lowest BCUT2D eigenvalue weighted by Crippen LogP contribution is -2.60. The molecule has 4 atom stereocenters. The fraction of sp³-hybridized carbons (Fsp3) is 0.288. The highest BCUT2D eigenvalue weighted by molar-refractivity contribution is 6.10. The van der Waals surface area contributed by atoms with Gasteiger partial charge < -0.3 is 9.80 Å². The Kier molecular flexibility index (Phi) is 10.5. The standard InChI is InChI=1S/C73H70N2/c1-49-25-32-58(33-26-49)74-66-37-30-51(43-54(66)47-69(3)39-15-17-41-71(69,74)5)52-29-36-62-64(45-52)73(56-19-9-7-10-20-56,57-21-11-8-12-22-57)65-46-63(60-23-13-14-24-61(60)68(62)65)53-31-38-67-55(44-53)48-70(4)40-16-18-42-72(70,6)75(67)59-34-27-50(2)28-35-59/h7-14,19-38,43-46H,15-18,39-42,47-48H2,1-6H3. The molecule has 9 aromatic carbocycles. The Morgan fingerprint density at radius 1 is 0.373 bits per heavy atom. The molecule has 0 radical (unpaired) electrons. The van der Waals surface area contributed by atoms with E-state index in [1.165, 1.54) is 163 Å². The molecule has 2 heteroatoms. The van der Waals surface area contributed by atoms with Gasteiger partial charge in [0.25, 0.3) is 0 Å². The Morgan fingerprint density at radius 3 is 1.37 bits per heavy atom. The Bertz CT molecular complexity index is 3660. The van der Waals surface area contributed by atoms with E-state index in [-0.39, 0.29) is 21.9 Å². The highest BCUT2D eigenvalue weighted by Gasteiger charge is 2.55. The molecule has 0 spiro atoms. The van der Waals surface area contributed by atoms with Crippen molar-refractivity contribution in [3.8, 4) is 33.4 Å². The molecule has 372 valence electrons. The fourth-order valence-electron chi connectivity index (χ4n) is 16.0. The van der Waals surface area contributed by atoms with Gasteiger partial charge in [-0.05, 0) is 215 Å². The molecular formula is C73H70N2. The van der Waals surface area contributed by atoms with Crippen molar-refractivity contribution >= 4 is 33.5 Å². The van der Waals surface area contributed by atoms with Gasteiger partial charge in [0, 0.05) is 33.8 Å². The third kappa shape index (κ3) is 6.70. The van der Waals surface area contributed by atoms with Crippen LogP contribution in [0.3, 0.4) is 0 Å². The van der Waals surface area contributed by atoms with Crippen LogP contribution in [0.4, 0.5) is 22.7 Å².